The Bertz CT molecular complexity index is 654. The zero-order chi connectivity index (χ0) is 16.1. The van der Waals surface area contributed by atoms with Gasteiger partial charge in [-0.05, 0) is 30.0 Å². The summed E-state index contributed by atoms with van der Waals surface area (Å²) in [6.45, 7) is 2.23. The Morgan fingerprint density at radius 1 is 1.25 bits per heavy atom. The highest BCUT2D eigenvalue weighted by molar-refractivity contribution is 5.86. The predicted octanol–water partition coefficient (Wildman–Crippen LogP) is 1.48. The zero-order valence-electron chi connectivity index (χ0n) is 13.5. The van der Waals surface area contributed by atoms with Crippen LogP contribution in [-0.4, -0.2) is 34.4 Å². The molecule has 24 heavy (non-hydrogen) atoms. The molecule has 6 nitrogen and oxygen atoms in total. The minimum atomic E-state index is -0.810. The van der Waals surface area contributed by atoms with Crippen molar-refractivity contribution in [3.8, 4) is 0 Å². The normalized spacial score (nSPS) is 16.2. The Balaban J connectivity index is 0.00000208. The molecule has 130 valence electrons. The second-order valence-corrected chi connectivity index (χ2v) is 5.92. The molecule has 0 spiro atoms. The first-order chi connectivity index (χ1) is 11.2. The molecule has 1 aliphatic rings. The molecule has 1 aliphatic heterocycles. The van der Waals surface area contributed by atoms with E-state index in [2.05, 4.69) is 16.5 Å². The third-order valence-electron chi connectivity index (χ3n) is 4.29. The van der Waals surface area contributed by atoms with E-state index >= 15 is 0 Å². The fourth-order valence-electron chi connectivity index (χ4n) is 2.77. The summed E-state index contributed by atoms with van der Waals surface area (Å²) in [5.41, 5.74) is 7.61. The van der Waals surface area contributed by atoms with Crippen molar-refractivity contribution in [1.29, 1.82) is 0 Å². The van der Waals surface area contributed by atoms with Crippen LogP contribution < -0.4 is 11.1 Å². The number of ether oxygens (including phenoxy) is 1. The number of hydrogen-bond donors (Lipinski definition) is 2. The summed E-state index contributed by atoms with van der Waals surface area (Å²) in [4.78, 5) is 12.4. The maximum Gasteiger partial charge on any atom is 0.240 e. The van der Waals surface area contributed by atoms with Crippen LogP contribution in [0.2, 0.25) is 0 Å². The summed E-state index contributed by atoms with van der Waals surface area (Å²) in [6, 6.07) is 9.93. The summed E-state index contributed by atoms with van der Waals surface area (Å²) in [5, 5.41) is 7.21. The van der Waals surface area contributed by atoms with Crippen molar-refractivity contribution in [1.82, 2.24) is 15.1 Å². The lowest BCUT2D eigenvalue weighted by molar-refractivity contribution is -0.129. The summed E-state index contributed by atoms with van der Waals surface area (Å²) >= 11 is 0. The van der Waals surface area contributed by atoms with Crippen LogP contribution >= 0.6 is 12.4 Å². The van der Waals surface area contributed by atoms with Gasteiger partial charge in [0, 0.05) is 32.2 Å². The molecule has 1 aromatic carbocycles. The first-order valence-electron chi connectivity index (χ1n) is 7.86. The van der Waals surface area contributed by atoms with E-state index in [9.17, 15) is 4.79 Å². The second-order valence-electron chi connectivity index (χ2n) is 5.92. The van der Waals surface area contributed by atoms with Crippen molar-refractivity contribution in [3.05, 3.63) is 53.9 Å². The van der Waals surface area contributed by atoms with Gasteiger partial charge in [-0.15, -0.1) is 12.4 Å². The highest BCUT2D eigenvalue weighted by Gasteiger charge is 2.35. The zero-order valence-corrected chi connectivity index (χ0v) is 14.3. The maximum atomic E-state index is 12.4. The van der Waals surface area contributed by atoms with Gasteiger partial charge in [-0.3, -0.25) is 9.48 Å². The molecular weight excluding hydrogens is 328 g/mol. The van der Waals surface area contributed by atoms with E-state index in [1.54, 1.807) is 6.20 Å². The SMILES string of the molecule is Cl.NC1(C(=O)NCc2ccccc2Cn2cccn2)CCOCC1. The van der Waals surface area contributed by atoms with Gasteiger partial charge in [0.05, 0.1) is 12.1 Å². The molecule has 2 aromatic rings. The van der Waals surface area contributed by atoms with Crippen LogP contribution in [0.1, 0.15) is 24.0 Å². The average Bonchev–Trinajstić information content (AvgIpc) is 3.07. The summed E-state index contributed by atoms with van der Waals surface area (Å²) in [7, 11) is 0. The third-order valence-corrected chi connectivity index (χ3v) is 4.29. The lowest BCUT2D eigenvalue weighted by atomic mass is 9.90. The molecule has 0 saturated carbocycles. The summed E-state index contributed by atoms with van der Waals surface area (Å²) in [6.07, 6.45) is 4.81. The summed E-state index contributed by atoms with van der Waals surface area (Å²) < 4.78 is 7.15. The molecule has 0 radical (unpaired) electrons. The molecule has 7 heteroatoms. The molecule has 1 saturated heterocycles. The Hall–Kier alpha value is -1.89. The number of nitrogens with zero attached hydrogens (tertiary/aromatic N) is 2. The predicted molar refractivity (Wildman–Crippen MR) is 93.8 cm³/mol. The van der Waals surface area contributed by atoms with Gasteiger partial charge in [0.1, 0.15) is 0 Å². The van der Waals surface area contributed by atoms with Crippen LogP contribution in [-0.2, 0) is 22.6 Å². The van der Waals surface area contributed by atoms with Gasteiger partial charge in [0.15, 0.2) is 0 Å². The molecule has 1 fully saturated rings. The lowest BCUT2D eigenvalue weighted by Crippen LogP contribution is -2.56. The van der Waals surface area contributed by atoms with E-state index in [0.29, 0.717) is 39.1 Å². The molecule has 3 N–H and O–H groups in total. The van der Waals surface area contributed by atoms with E-state index in [1.807, 2.05) is 35.1 Å². The van der Waals surface area contributed by atoms with Gasteiger partial charge in [0.2, 0.25) is 5.91 Å². The minimum Gasteiger partial charge on any atom is -0.381 e. The fourth-order valence-corrected chi connectivity index (χ4v) is 2.77. The Morgan fingerprint density at radius 3 is 2.62 bits per heavy atom. The fraction of sp³-hybridized carbons (Fsp3) is 0.412. The minimum absolute atomic E-state index is 0. The van der Waals surface area contributed by atoms with E-state index in [-0.39, 0.29) is 18.3 Å². The maximum absolute atomic E-state index is 12.4. The number of hydrogen-bond acceptors (Lipinski definition) is 4. The van der Waals surface area contributed by atoms with Crippen molar-refractivity contribution < 1.29 is 9.53 Å². The highest BCUT2D eigenvalue weighted by atomic mass is 35.5. The molecule has 0 aliphatic carbocycles. The van der Waals surface area contributed by atoms with Gasteiger partial charge in [-0.1, -0.05) is 24.3 Å². The van der Waals surface area contributed by atoms with Crippen molar-refractivity contribution in [2.75, 3.05) is 13.2 Å². The van der Waals surface area contributed by atoms with E-state index in [4.69, 9.17) is 10.5 Å². The largest absolute Gasteiger partial charge is 0.381 e. The molecule has 0 atom stereocenters. The first-order valence-corrected chi connectivity index (χ1v) is 7.86. The lowest BCUT2D eigenvalue weighted by Gasteiger charge is -2.31. The Kier molecular flexibility index (Phi) is 6.36. The molecular formula is C17H23ClN4O2. The van der Waals surface area contributed by atoms with E-state index in [1.165, 1.54) is 0 Å². The van der Waals surface area contributed by atoms with Gasteiger partial charge in [-0.2, -0.15) is 5.10 Å². The van der Waals surface area contributed by atoms with E-state index in [0.717, 1.165) is 11.1 Å². The molecule has 1 amide bonds. The van der Waals surface area contributed by atoms with E-state index < -0.39 is 5.54 Å². The monoisotopic (exact) mass is 350 g/mol. The van der Waals surface area contributed by atoms with Gasteiger partial charge in [-0.25, -0.2) is 0 Å². The molecule has 1 aromatic heterocycles. The quantitative estimate of drug-likeness (QED) is 0.855. The van der Waals surface area contributed by atoms with Crippen molar-refractivity contribution in [3.63, 3.8) is 0 Å². The Morgan fingerprint density at radius 2 is 1.96 bits per heavy atom. The number of rotatable bonds is 5. The van der Waals surface area contributed by atoms with Gasteiger partial charge >= 0.3 is 0 Å². The number of carbonyl (C=O) groups excluding carboxylic acids is 1. The van der Waals surface area contributed by atoms with Crippen LogP contribution in [0.25, 0.3) is 0 Å². The molecule has 0 bridgehead atoms. The Labute approximate surface area is 147 Å². The van der Waals surface area contributed by atoms with Crippen molar-refractivity contribution >= 4 is 18.3 Å². The molecule has 2 heterocycles. The number of nitrogens with one attached hydrogen (secondary N) is 1. The number of nitrogens with two attached hydrogens (primary N) is 1. The number of carbonyl (C=O) groups is 1. The van der Waals surface area contributed by atoms with Crippen molar-refractivity contribution in [2.45, 2.75) is 31.5 Å². The number of benzene rings is 1. The van der Waals surface area contributed by atoms with Crippen LogP contribution in [0.4, 0.5) is 0 Å². The van der Waals surface area contributed by atoms with Gasteiger partial charge < -0.3 is 15.8 Å². The topological polar surface area (TPSA) is 82.2 Å². The van der Waals surface area contributed by atoms with Crippen LogP contribution in [0.3, 0.4) is 0 Å². The molecule has 3 rings (SSSR count). The smallest absolute Gasteiger partial charge is 0.240 e. The number of aromatic nitrogens is 2. The number of halogens is 1. The third kappa shape index (κ3) is 4.35. The van der Waals surface area contributed by atoms with Crippen molar-refractivity contribution in [2.24, 2.45) is 5.73 Å². The summed E-state index contributed by atoms with van der Waals surface area (Å²) in [5.74, 6) is -0.102. The molecule has 0 unspecified atom stereocenters. The van der Waals surface area contributed by atoms with Crippen LogP contribution in [0.5, 0.6) is 0 Å². The first kappa shape index (κ1) is 18.4. The number of amides is 1. The standard InChI is InChI=1S/C17H22N4O2.ClH/c18-17(6-10-23-11-7-17)16(22)19-12-14-4-1-2-5-15(14)13-21-9-3-8-20-21;/h1-5,8-9H,6-7,10-13,18H2,(H,19,22);1H. The highest BCUT2D eigenvalue weighted by Crippen LogP contribution is 2.18. The van der Waals surface area contributed by atoms with Crippen LogP contribution in [0.15, 0.2) is 42.7 Å². The van der Waals surface area contributed by atoms with Gasteiger partial charge in [0.25, 0.3) is 0 Å². The second kappa shape index (κ2) is 8.28. The van der Waals surface area contributed by atoms with Crippen LogP contribution in [0, 0.1) is 0 Å². The average molecular weight is 351 g/mol.